The number of aromatic nitrogens is 1. The van der Waals surface area contributed by atoms with Gasteiger partial charge in [-0.3, -0.25) is 14.7 Å². The number of nitrogens with zero attached hydrogens (tertiary/aromatic N) is 4. The fourth-order valence-corrected chi connectivity index (χ4v) is 6.93. The highest BCUT2D eigenvalue weighted by Crippen LogP contribution is 2.25. The summed E-state index contributed by atoms with van der Waals surface area (Å²) in [5.74, 6) is -0.694. The minimum atomic E-state index is -4.08. The first-order valence-corrected chi connectivity index (χ1v) is 15.4. The quantitative estimate of drug-likeness (QED) is 0.266. The SMILES string of the molecule is O=C(CN(CCN1CCOCC1)S(=O)(=O)c1cccc2cccnc12)N(Cc1ccc(F)cc1)Cc1cccs1. The molecule has 1 amide bonds. The predicted octanol–water partition coefficient (Wildman–Crippen LogP) is 3.99. The van der Waals surface area contributed by atoms with Gasteiger partial charge < -0.3 is 9.64 Å². The number of fused-ring (bicyclic) bond motifs is 1. The van der Waals surface area contributed by atoms with Crippen LogP contribution in [0.1, 0.15) is 10.4 Å². The van der Waals surface area contributed by atoms with Crippen LogP contribution in [0.4, 0.5) is 4.39 Å². The number of benzene rings is 2. The van der Waals surface area contributed by atoms with Gasteiger partial charge in [0.25, 0.3) is 0 Å². The van der Waals surface area contributed by atoms with E-state index in [1.54, 1.807) is 41.4 Å². The summed E-state index contributed by atoms with van der Waals surface area (Å²) >= 11 is 1.52. The van der Waals surface area contributed by atoms with Crippen LogP contribution in [0.2, 0.25) is 0 Å². The lowest BCUT2D eigenvalue weighted by Crippen LogP contribution is -2.47. The van der Waals surface area contributed by atoms with E-state index in [2.05, 4.69) is 9.88 Å². The van der Waals surface area contributed by atoms with Crippen molar-refractivity contribution in [1.29, 1.82) is 0 Å². The molecule has 8 nitrogen and oxygen atoms in total. The molecule has 0 atom stereocenters. The Labute approximate surface area is 237 Å². The maximum Gasteiger partial charge on any atom is 0.245 e. The molecule has 1 fully saturated rings. The molecular formula is C29H31FN4O4S2. The second kappa shape index (κ2) is 13.0. The minimum absolute atomic E-state index is 0.0729. The first-order chi connectivity index (χ1) is 19.4. The summed E-state index contributed by atoms with van der Waals surface area (Å²) < 4.78 is 48.5. The van der Waals surface area contributed by atoms with Crippen LogP contribution in [-0.4, -0.2) is 79.4 Å². The predicted molar refractivity (Wildman–Crippen MR) is 153 cm³/mol. The van der Waals surface area contributed by atoms with Gasteiger partial charge in [0.15, 0.2) is 0 Å². The first-order valence-electron chi connectivity index (χ1n) is 13.1. The molecule has 3 heterocycles. The Hall–Kier alpha value is -3.22. The summed E-state index contributed by atoms with van der Waals surface area (Å²) in [5, 5.41) is 2.64. The monoisotopic (exact) mass is 582 g/mol. The molecule has 0 unspecified atom stereocenters. The lowest BCUT2D eigenvalue weighted by Gasteiger charge is -2.31. The Balaban J connectivity index is 1.44. The molecule has 0 bridgehead atoms. The van der Waals surface area contributed by atoms with Gasteiger partial charge in [-0.2, -0.15) is 4.31 Å². The fourth-order valence-electron chi connectivity index (χ4n) is 4.67. The highest BCUT2D eigenvalue weighted by molar-refractivity contribution is 7.89. The number of halogens is 1. The molecule has 11 heteroatoms. The number of carbonyl (C=O) groups is 1. The molecule has 1 saturated heterocycles. The van der Waals surface area contributed by atoms with Crippen molar-refractivity contribution < 1.29 is 22.3 Å². The van der Waals surface area contributed by atoms with Gasteiger partial charge in [-0.15, -0.1) is 11.3 Å². The summed E-state index contributed by atoms with van der Waals surface area (Å²) in [6.07, 6.45) is 1.57. The van der Waals surface area contributed by atoms with E-state index in [1.807, 2.05) is 29.6 Å². The van der Waals surface area contributed by atoms with Crippen LogP contribution in [0.25, 0.3) is 10.9 Å². The molecule has 1 aliphatic heterocycles. The standard InChI is InChI=1S/C29H31FN4O4S2/c30-25-10-8-23(9-11-25)20-33(21-26-6-3-19-39-26)28(35)22-34(14-13-32-15-17-38-18-16-32)40(36,37)27-7-1-4-24-5-2-12-31-29(24)27/h1-12,19H,13-18,20-22H2. The van der Waals surface area contributed by atoms with E-state index in [0.717, 1.165) is 10.4 Å². The van der Waals surface area contributed by atoms with E-state index in [9.17, 15) is 17.6 Å². The molecule has 0 N–H and O–H groups in total. The van der Waals surface area contributed by atoms with Crippen molar-refractivity contribution in [2.24, 2.45) is 0 Å². The number of hydrogen-bond donors (Lipinski definition) is 0. The number of thiophene rings is 1. The molecule has 40 heavy (non-hydrogen) atoms. The van der Waals surface area contributed by atoms with E-state index in [4.69, 9.17) is 4.74 Å². The van der Waals surface area contributed by atoms with Crippen LogP contribution in [0.15, 0.2) is 83.2 Å². The van der Waals surface area contributed by atoms with Crippen LogP contribution < -0.4 is 0 Å². The van der Waals surface area contributed by atoms with Crippen molar-refractivity contribution in [3.8, 4) is 0 Å². The van der Waals surface area contributed by atoms with Crippen molar-refractivity contribution in [3.63, 3.8) is 0 Å². The van der Waals surface area contributed by atoms with Crippen molar-refractivity contribution in [1.82, 2.24) is 19.1 Å². The number of sulfonamides is 1. The lowest BCUT2D eigenvalue weighted by molar-refractivity contribution is -0.132. The van der Waals surface area contributed by atoms with Crippen LogP contribution in [0, 0.1) is 5.82 Å². The molecule has 0 aliphatic carbocycles. The zero-order valence-electron chi connectivity index (χ0n) is 22.0. The van der Waals surface area contributed by atoms with Gasteiger partial charge >= 0.3 is 0 Å². The normalized spacial score (nSPS) is 14.6. The lowest BCUT2D eigenvalue weighted by atomic mass is 10.2. The van der Waals surface area contributed by atoms with Gasteiger partial charge in [0.05, 0.1) is 31.8 Å². The second-order valence-corrected chi connectivity index (χ2v) is 12.5. The minimum Gasteiger partial charge on any atom is -0.379 e. The van der Waals surface area contributed by atoms with Gasteiger partial charge in [-0.25, -0.2) is 12.8 Å². The van der Waals surface area contributed by atoms with Crippen LogP contribution in [0.5, 0.6) is 0 Å². The van der Waals surface area contributed by atoms with Gasteiger partial charge in [0, 0.05) is 49.2 Å². The number of hydrogen-bond acceptors (Lipinski definition) is 7. The summed E-state index contributed by atoms with van der Waals surface area (Å²) in [7, 11) is -4.08. The van der Waals surface area contributed by atoms with Crippen LogP contribution in [-0.2, 0) is 32.6 Å². The third-order valence-electron chi connectivity index (χ3n) is 6.86. The molecular weight excluding hydrogens is 551 g/mol. The Bertz CT molecular complexity index is 1520. The Morgan fingerprint density at radius 1 is 1.00 bits per heavy atom. The van der Waals surface area contributed by atoms with Crippen molar-refractivity contribution in [2.45, 2.75) is 18.0 Å². The summed E-state index contributed by atoms with van der Waals surface area (Å²) in [4.78, 5) is 23.0. The number of ether oxygens (including phenoxy) is 1. The van der Waals surface area contributed by atoms with Crippen LogP contribution >= 0.6 is 11.3 Å². The highest BCUT2D eigenvalue weighted by atomic mass is 32.2. The van der Waals surface area contributed by atoms with Gasteiger partial charge in [-0.1, -0.05) is 36.4 Å². The van der Waals surface area contributed by atoms with E-state index in [0.29, 0.717) is 50.3 Å². The topological polar surface area (TPSA) is 83.0 Å². The largest absolute Gasteiger partial charge is 0.379 e. The van der Waals surface area contributed by atoms with E-state index in [-0.39, 0.29) is 36.3 Å². The summed E-state index contributed by atoms with van der Waals surface area (Å²) in [5.41, 5.74) is 1.13. The molecule has 2 aromatic heterocycles. The third kappa shape index (κ3) is 6.91. The average Bonchev–Trinajstić information content (AvgIpc) is 3.49. The molecule has 4 aromatic rings. The van der Waals surface area contributed by atoms with Crippen LogP contribution in [0.3, 0.4) is 0 Å². The first kappa shape index (κ1) is 28.3. The maximum atomic E-state index is 14.1. The molecule has 1 aliphatic rings. The number of rotatable bonds is 11. The Kier molecular flexibility index (Phi) is 9.18. The van der Waals surface area contributed by atoms with E-state index in [1.165, 1.54) is 27.8 Å². The number of morpholine rings is 1. The highest BCUT2D eigenvalue weighted by Gasteiger charge is 2.31. The van der Waals surface area contributed by atoms with E-state index >= 15 is 0 Å². The molecule has 0 radical (unpaired) electrons. The average molecular weight is 583 g/mol. The number of carbonyl (C=O) groups excluding carboxylic acids is 1. The summed E-state index contributed by atoms with van der Waals surface area (Å²) in [6, 6.07) is 18.5. The van der Waals surface area contributed by atoms with Crippen molar-refractivity contribution >= 4 is 38.2 Å². The van der Waals surface area contributed by atoms with Gasteiger partial charge in [-0.05, 0) is 41.3 Å². The third-order valence-corrected chi connectivity index (χ3v) is 9.60. The molecule has 0 spiro atoms. The molecule has 2 aromatic carbocycles. The van der Waals surface area contributed by atoms with Crippen molar-refractivity contribution in [3.05, 3.63) is 94.6 Å². The Morgan fingerprint density at radius 3 is 2.52 bits per heavy atom. The fraction of sp³-hybridized carbons (Fsp3) is 0.310. The smallest absolute Gasteiger partial charge is 0.245 e. The van der Waals surface area contributed by atoms with Gasteiger partial charge in [0.2, 0.25) is 15.9 Å². The molecule has 210 valence electrons. The molecule has 5 rings (SSSR count). The molecule has 0 saturated carbocycles. The number of amides is 1. The maximum absolute atomic E-state index is 14.1. The Morgan fingerprint density at radius 2 is 1.77 bits per heavy atom. The van der Waals surface area contributed by atoms with Gasteiger partial charge in [0.1, 0.15) is 10.7 Å². The zero-order valence-corrected chi connectivity index (χ0v) is 23.6. The second-order valence-electron chi connectivity index (χ2n) is 9.58. The number of pyridine rings is 1. The zero-order chi connectivity index (χ0) is 28.0. The van der Waals surface area contributed by atoms with E-state index < -0.39 is 10.0 Å². The number of para-hydroxylation sites is 1. The van der Waals surface area contributed by atoms with Crippen molar-refractivity contribution in [2.75, 3.05) is 45.9 Å². The summed E-state index contributed by atoms with van der Waals surface area (Å²) in [6.45, 7) is 3.40.